The zero-order valence-corrected chi connectivity index (χ0v) is 17.0. The zero-order chi connectivity index (χ0) is 18.3. The number of nitrogens with one attached hydrogen (secondary N) is 1. The number of thiazole rings is 1. The van der Waals surface area contributed by atoms with E-state index >= 15 is 0 Å². The molecule has 3 heterocycles. The summed E-state index contributed by atoms with van der Waals surface area (Å²) in [5.74, 6) is 0.150. The minimum absolute atomic E-state index is 0.0394. The second kappa shape index (κ2) is 7.03. The molecule has 0 saturated heterocycles. The third-order valence-corrected chi connectivity index (χ3v) is 9.52. The van der Waals surface area contributed by atoms with Crippen LogP contribution in [0.25, 0.3) is 0 Å². The van der Waals surface area contributed by atoms with Gasteiger partial charge in [0.1, 0.15) is 4.21 Å². The first-order valence-electron chi connectivity index (χ1n) is 8.85. The first-order valence-corrected chi connectivity index (χ1v) is 11.9. The number of anilines is 1. The van der Waals surface area contributed by atoms with E-state index in [1.807, 2.05) is 13.0 Å². The number of hydrogen-bond donors (Lipinski definition) is 1. The lowest BCUT2D eigenvalue weighted by Crippen LogP contribution is -2.35. The lowest BCUT2D eigenvalue weighted by molar-refractivity contribution is -0.122. The Morgan fingerprint density at radius 1 is 1.35 bits per heavy atom. The average molecular weight is 412 g/mol. The van der Waals surface area contributed by atoms with E-state index in [4.69, 9.17) is 0 Å². The van der Waals surface area contributed by atoms with E-state index < -0.39 is 10.0 Å². The normalized spacial score (nSPS) is 18.3. The van der Waals surface area contributed by atoms with Gasteiger partial charge in [-0.2, -0.15) is 4.31 Å². The Hall–Kier alpha value is -1.29. The summed E-state index contributed by atoms with van der Waals surface area (Å²) < 4.78 is 27.7. The maximum absolute atomic E-state index is 12.9. The molecule has 2 aliphatic rings. The molecule has 140 valence electrons. The summed E-state index contributed by atoms with van der Waals surface area (Å²) in [5.41, 5.74) is 0.908. The van der Waals surface area contributed by atoms with Gasteiger partial charge in [0.15, 0.2) is 5.13 Å². The highest BCUT2D eigenvalue weighted by atomic mass is 32.2. The number of aryl methyl sites for hydroxylation is 1. The van der Waals surface area contributed by atoms with Gasteiger partial charge in [0.2, 0.25) is 5.91 Å². The molecule has 9 heteroatoms. The van der Waals surface area contributed by atoms with Crippen molar-refractivity contribution in [2.75, 3.05) is 11.9 Å². The van der Waals surface area contributed by atoms with Crippen molar-refractivity contribution in [3.63, 3.8) is 0 Å². The van der Waals surface area contributed by atoms with Crippen molar-refractivity contribution in [3.05, 3.63) is 27.6 Å². The van der Waals surface area contributed by atoms with Crippen molar-refractivity contribution in [2.45, 2.75) is 49.8 Å². The first-order chi connectivity index (χ1) is 12.5. The molecule has 0 bridgehead atoms. The fourth-order valence-electron chi connectivity index (χ4n) is 3.12. The second-order valence-corrected chi connectivity index (χ2v) is 11.1. The molecule has 26 heavy (non-hydrogen) atoms. The van der Waals surface area contributed by atoms with Gasteiger partial charge >= 0.3 is 0 Å². The fourth-order valence-corrected chi connectivity index (χ4v) is 7.09. The van der Waals surface area contributed by atoms with Gasteiger partial charge in [-0.15, -0.1) is 22.7 Å². The van der Waals surface area contributed by atoms with Gasteiger partial charge in [0.05, 0.1) is 12.2 Å². The van der Waals surface area contributed by atoms with E-state index in [0.29, 0.717) is 28.9 Å². The minimum atomic E-state index is -3.47. The van der Waals surface area contributed by atoms with Crippen LogP contribution in [0.2, 0.25) is 0 Å². The fraction of sp³-hybridized carbons (Fsp3) is 0.529. The molecule has 1 N–H and O–H groups in total. The third-order valence-electron chi connectivity index (χ3n) is 4.98. The topological polar surface area (TPSA) is 79.4 Å². The summed E-state index contributed by atoms with van der Waals surface area (Å²) in [6.45, 7) is 2.77. The third kappa shape index (κ3) is 3.33. The first kappa shape index (κ1) is 18.1. The Morgan fingerprint density at radius 2 is 2.15 bits per heavy atom. The number of nitrogens with zero attached hydrogens (tertiary/aromatic N) is 2. The number of thiophene rings is 1. The number of carbonyl (C=O) groups excluding carboxylic acids is 1. The molecule has 0 spiro atoms. The maximum atomic E-state index is 12.9. The van der Waals surface area contributed by atoms with Gasteiger partial charge in [-0.1, -0.05) is 13.3 Å². The molecule has 1 saturated carbocycles. The molecule has 2 aromatic rings. The monoisotopic (exact) mass is 411 g/mol. The lowest BCUT2D eigenvalue weighted by Gasteiger charge is -2.24. The van der Waals surface area contributed by atoms with Crippen molar-refractivity contribution in [1.29, 1.82) is 0 Å². The molecule has 1 aliphatic heterocycles. The molecule has 4 rings (SSSR count). The predicted molar refractivity (Wildman–Crippen MR) is 103 cm³/mol. The van der Waals surface area contributed by atoms with E-state index in [-0.39, 0.29) is 11.8 Å². The minimum Gasteiger partial charge on any atom is -0.302 e. The van der Waals surface area contributed by atoms with Gasteiger partial charge in [0, 0.05) is 28.6 Å². The Morgan fingerprint density at radius 3 is 2.81 bits per heavy atom. The largest absolute Gasteiger partial charge is 0.302 e. The highest BCUT2D eigenvalue weighted by Gasteiger charge is 2.32. The molecule has 0 aromatic carbocycles. The van der Waals surface area contributed by atoms with Gasteiger partial charge in [0.25, 0.3) is 10.0 Å². The summed E-state index contributed by atoms with van der Waals surface area (Å²) in [4.78, 5) is 18.6. The average Bonchev–Trinajstić information content (AvgIpc) is 3.18. The molecule has 1 aliphatic carbocycles. The van der Waals surface area contributed by atoms with Crippen LogP contribution in [0.5, 0.6) is 0 Å². The summed E-state index contributed by atoms with van der Waals surface area (Å²) in [7, 11) is -3.47. The van der Waals surface area contributed by atoms with E-state index in [1.165, 1.54) is 27.0 Å². The van der Waals surface area contributed by atoms with Crippen LogP contribution in [-0.2, 0) is 34.2 Å². The van der Waals surface area contributed by atoms with Crippen LogP contribution in [0.1, 0.15) is 41.6 Å². The number of aromatic nitrogens is 1. The van der Waals surface area contributed by atoms with Crippen molar-refractivity contribution in [3.8, 4) is 0 Å². The Bertz CT molecular complexity index is 928. The van der Waals surface area contributed by atoms with E-state index in [9.17, 15) is 13.2 Å². The number of sulfonamides is 1. The van der Waals surface area contributed by atoms with Crippen LogP contribution in [-0.4, -0.2) is 30.2 Å². The number of hydrogen-bond acceptors (Lipinski definition) is 6. The predicted octanol–water partition coefficient (Wildman–Crippen LogP) is 3.25. The molecule has 6 nitrogen and oxygen atoms in total. The lowest BCUT2D eigenvalue weighted by atomic mass is 9.85. The summed E-state index contributed by atoms with van der Waals surface area (Å²) >= 11 is 2.74. The van der Waals surface area contributed by atoms with Crippen molar-refractivity contribution in [2.24, 2.45) is 5.92 Å². The van der Waals surface area contributed by atoms with Crippen LogP contribution in [0.4, 0.5) is 5.13 Å². The quantitative estimate of drug-likeness (QED) is 0.819. The number of carbonyl (C=O) groups is 1. The molecule has 1 amide bonds. The van der Waals surface area contributed by atoms with E-state index in [0.717, 1.165) is 41.1 Å². The summed E-state index contributed by atoms with van der Waals surface area (Å²) in [6.07, 6.45) is 4.42. The van der Waals surface area contributed by atoms with Crippen LogP contribution in [0.15, 0.2) is 16.3 Å². The van der Waals surface area contributed by atoms with Crippen molar-refractivity contribution in [1.82, 2.24) is 9.29 Å². The summed E-state index contributed by atoms with van der Waals surface area (Å²) in [6, 6.07) is 3.58. The molecular formula is C17H21N3O3S3. The maximum Gasteiger partial charge on any atom is 0.252 e. The number of fused-ring (bicyclic) bond motifs is 1. The Labute approximate surface area is 161 Å². The van der Waals surface area contributed by atoms with Gasteiger partial charge in [-0.25, -0.2) is 13.4 Å². The molecule has 0 atom stereocenters. The molecule has 1 fully saturated rings. The number of rotatable bonds is 5. The van der Waals surface area contributed by atoms with E-state index in [2.05, 4.69) is 10.3 Å². The highest BCUT2D eigenvalue weighted by molar-refractivity contribution is 7.91. The Balaban J connectivity index is 1.49. The standard InChI is InChI=1S/C17H21N3O3S3/c1-2-12-6-7-15(24-12)26(22,23)20-9-8-13-14(10-20)25-17(18-13)19-16(21)11-4-3-5-11/h6-7,11H,2-5,8-10H2,1H3,(H,18,19,21). The highest BCUT2D eigenvalue weighted by Crippen LogP contribution is 2.34. The van der Waals surface area contributed by atoms with E-state index in [1.54, 1.807) is 6.07 Å². The molecular weight excluding hydrogens is 390 g/mol. The SMILES string of the molecule is CCc1ccc(S(=O)(=O)N2CCc3nc(NC(=O)C4CCC4)sc3C2)s1. The van der Waals surface area contributed by atoms with Crippen LogP contribution < -0.4 is 5.32 Å². The van der Waals surface area contributed by atoms with Crippen LogP contribution in [0.3, 0.4) is 0 Å². The molecule has 0 radical (unpaired) electrons. The van der Waals surface area contributed by atoms with Gasteiger partial charge in [-0.3, -0.25) is 4.79 Å². The number of amides is 1. The summed E-state index contributed by atoms with van der Waals surface area (Å²) in [5, 5.41) is 3.49. The molecule has 2 aromatic heterocycles. The van der Waals surface area contributed by atoms with Crippen LogP contribution >= 0.6 is 22.7 Å². The smallest absolute Gasteiger partial charge is 0.252 e. The molecule has 0 unspecified atom stereocenters. The Kier molecular flexibility index (Phi) is 4.89. The van der Waals surface area contributed by atoms with Crippen molar-refractivity contribution >= 4 is 43.7 Å². The van der Waals surface area contributed by atoms with Gasteiger partial charge < -0.3 is 5.32 Å². The van der Waals surface area contributed by atoms with Gasteiger partial charge in [-0.05, 0) is 31.4 Å². The second-order valence-electron chi connectivity index (χ2n) is 6.67. The van der Waals surface area contributed by atoms with Crippen molar-refractivity contribution < 1.29 is 13.2 Å². The van der Waals surface area contributed by atoms with Crippen LogP contribution in [0, 0.1) is 5.92 Å². The zero-order valence-electron chi connectivity index (χ0n) is 14.5.